The molecule has 1 heterocycles. The number of methoxy groups -OCH3 is 1. The van der Waals surface area contributed by atoms with Crippen LogP contribution in [-0.2, 0) is 0 Å². The molecule has 1 aliphatic carbocycles. The van der Waals surface area contributed by atoms with Gasteiger partial charge in [0, 0.05) is 32.2 Å². The van der Waals surface area contributed by atoms with Crippen LogP contribution in [0.3, 0.4) is 0 Å². The summed E-state index contributed by atoms with van der Waals surface area (Å²) in [7, 11) is 1.77. The van der Waals surface area contributed by atoms with Crippen LogP contribution in [0.2, 0.25) is 0 Å². The zero-order valence-electron chi connectivity index (χ0n) is 16.7. The van der Waals surface area contributed by atoms with Gasteiger partial charge in [-0.25, -0.2) is 0 Å². The van der Waals surface area contributed by atoms with Gasteiger partial charge in [-0.1, -0.05) is 42.0 Å². The second-order valence-electron chi connectivity index (χ2n) is 8.11. The van der Waals surface area contributed by atoms with Crippen molar-refractivity contribution in [3.05, 3.63) is 59.7 Å². The number of anilines is 1. The van der Waals surface area contributed by atoms with Gasteiger partial charge in [-0.05, 0) is 56.2 Å². The molecule has 1 aliphatic heterocycles. The fourth-order valence-corrected chi connectivity index (χ4v) is 4.92. The quantitative estimate of drug-likeness (QED) is 0.771. The van der Waals surface area contributed by atoms with E-state index < -0.39 is 0 Å². The highest BCUT2D eigenvalue weighted by Crippen LogP contribution is 2.36. The molecule has 144 valence electrons. The highest BCUT2D eigenvalue weighted by molar-refractivity contribution is 5.58. The average molecular weight is 365 g/mol. The van der Waals surface area contributed by atoms with Gasteiger partial charge in [0.2, 0.25) is 0 Å². The van der Waals surface area contributed by atoms with E-state index in [1.165, 1.54) is 36.9 Å². The van der Waals surface area contributed by atoms with E-state index in [2.05, 4.69) is 59.2 Å². The number of hydrogen-bond acceptors (Lipinski definition) is 3. The molecule has 27 heavy (non-hydrogen) atoms. The molecule has 0 aromatic heterocycles. The number of piperazine rings is 1. The van der Waals surface area contributed by atoms with Gasteiger partial charge in [0.05, 0.1) is 12.8 Å². The standard InChI is InChI=1S/C24H32N2O/c1-19-6-5-7-21(18-19)20-10-12-22(13-11-20)25-14-16-26(17-15-25)23-8-3-4-9-24(23)27-2/h3-9,18,20,22H,10-17H2,1-2H3/t20-,22-. The second-order valence-corrected chi connectivity index (χ2v) is 8.11. The van der Waals surface area contributed by atoms with E-state index in [1.54, 1.807) is 12.7 Å². The number of ether oxygens (including phenoxy) is 1. The fourth-order valence-electron chi connectivity index (χ4n) is 4.92. The molecule has 1 saturated carbocycles. The van der Waals surface area contributed by atoms with Crippen LogP contribution in [0.5, 0.6) is 5.75 Å². The van der Waals surface area contributed by atoms with Crippen LogP contribution in [0.1, 0.15) is 42.7 Å². The first kappa shape index (κ1) is 18.4. The maximum absolute atomic E-state index is 5.55. The van der Waals surface area contributed by atoms with Crippen molar-refractivity contribution in [2.45, 2.75) is 44.6 Å². The summed E-state index contributed by atoms with van der Waals surface area (Å²) in [4.78, 5) is 5.21. The molecule has 0 radical (unpaired) electrons. The Morgan fingerprint density at radius 2 is 1.59 bits per heavy atom. The van der Waals surface area contributed by atoms with Gasteiger partial charge < -0.3 is 9.64 Å². The Hall–Kier alpha value is -2.00. The molecule has 3 heteroatoms. The first-order valence-electron chi connectivity index (χ1n) is 10.4. The molecule has 0 N–H and O–H groups in total. The molecular weight excluding hydrogens is 332 g/mol. The van der Waals surface area contributed by atoms with Crippen molar-refractivity contribution in [2.24, 2.45) is 0 Å². The largest absolute Gasteiger partial charge is 0.495 e. The zero-order chi connectivity index (χ0) is 18.6. The Kier molecular flexibility index (Phi) is 5.68. The van der Waals surface area contributed by atoms with E-state index in [0.717, 1.165) is 43.9 Å². The number of benzene rings is 2. The number of nitrogens with zero attached hydrogens (tertiary/aromatic N) is 2. The lowest BCUT2D eigenvalue weighted by Gasteiger charge is -2.43. The van der Waals surface area contributed by atoms with E-state index in [-0.39, 0.29) is 0 Å². The SMILES string of the molecule is COc1ccccc1N1CCN([C@H]2CC[C@H](c3cccc(C)c3)CC2)CC1. The third-order valence-corrected chi connectivity index (χ3v) is 6.47. The zero-order valence-corrected chi connectivity index (χ0v) is 16.7. The van der Waals surface area contributed by atoms with Crippen LogP contribution in [-0.4, -0.2) is 44.2 Å². The van der Waals surface area contributed by atoms with E-state index in [9.17, 15) is 0 Å². The van der Waals surface area contributed by atoms with Crippen LogP contribution in [0.4, 0.5) is 5.69 Å². The van der Waals surface area contributed by atoms with Gasteiger partial charge in [-0.3, -0.25) is 4.90 Å². The van der Waals surface area contributed by atoms with Crippen molar-refractivity contribution in [3.63, 3.8) is 0 Å². The van der Waals surface area contributed by atoms with Gasteiger partial charge in [0.1, 0.15) is 5.75 Å². The monoisotopic (exact) mass is 364 g/mol. The van der Waals surface area contributed by atoms with E-state index >= 15 is 0 Å². The van der Waals surface area contributed by atoms with Crippen molar-refractivity contribution in [3.8, 4) is 5.75 Å². The summed E-state index contributed by atoms with van der Waals surface area (Å²) in [5.41, 5.74) is 4.18. The molecule has 0 spiro atoms. The van der Waals surface area contributed by atoms with Crippen LogP contribution in [0.15, 0.2) is 48.5 Å². The van der Waals surface area contributed by atoms with Gasteiger partial charge in [0.25, 0.3) is 0 Å². The molecule has 2 aromatic rings. The van der Waals surface area contributed by atoms with Crippen molar-refractivity contribution in [1.82, 2.24) is 4.90 Å². The number of para-hydroxylation sites is 2. The molecule has 0 amide bonds. The molecule has 4 rings (SSSR count). The predicted molar refractivity (Wildman–Crippen MR) is 113 cm³/mol. The third-order valence-electron chi connectivity index (χ3n) is 6.47. The van der Waals surface area contributed by atoms with Gasteiger partial charge in [0.15, 0.2) is 0 Å². The summed E-state index contributed by atoms with van der Waals surface area (Å²) in [5.74, 6) is 1.75. The summed E-state index contributed by atoms with van der Waals surface area (Å²) in [6.45, 7) is 6.72. The third kappa shape index (κ3) is 4.14. The number of aryl methyl sites for hydroxylation is 1. The minimum Gasteiger partial charge on any atom is -0.495 e. The molecule has 2 aliphatic rings. The normalized spacial score (nSPS) is 24.0. The van der Waals surface area contributed by atoms with Crippen LogP contribution in [0, 0.1) is 6.92 Å². The minimum absolute atomic E-state index is 0.760. The van der Waals surface area contributed by atoms with Gasteiger partial charge in [-0.2, -0.15) is 0 Å². The summed E-state index contributed by atoms with van der Waals surface area (Å²) in [6.07, 6.45) is 5.35. The molecule has 1 saturated heterocycles. The molecule has 0 unspecified atom stereocenters. The van der Waals surface area contributed by atoms with Crippen molar-refractivity contribution >= 4 is 5.69 Å². The molecule has 2 fully saturated rings. The van der Waals surface area contributed by atoms with Gasteiger partial charge in [-0.15, -0.1) is 0 Å². The maximum Gasteiger partial charge on any atom is 0.142 e. The minimum atomic E-state index is 0.760. The van der Waals surface area contributed by atoms with Crippen molar-refractivity contribution in [1.29, 1.82) is 0 Å². The Morgan fingerprint density at radius 3 is 2.30 bits per heavy atom. The van der Waals surface area contributed by atoms with Crippen LogP contribution in [0.25, 0.3) is 0 Å². The Balaban J connectivity index is 1.31. The molecular formula is C24H32N2O. The predicted octanol–water partition coefficient (Wildman–Crippen LogP) is 4.85. The van der Waals surface area contributed by atoms with E-state index in [1.807, 2.05) is 6.07 Å². The Labute approximate surface area is 163 Å². The highest BCUT2D eigenvalue weighted by atomic mass is 16.5. The summed E-state index contributed by atoms with van der Waals surface area (Å²) in [5, 5.41) is 0. The smallest absolute Gasteiger partial charge is 0.142 e. The topological polar surface area (TPSA) is 15.7 Å². The van der Waals surface area contributed by atoms with Crippen molar-refractivity contribution in [2.75, 3.05) is 38.2 Å². The lowest BCUT2D eigenvalue weighted by Crippen LogP contribution is -2.51. The first-order valence-corrected chi connectivity index (χ1v) is 10.4. The van der Waals surface area contributed by atoms with Crippen molar-refractivity contribution < 1.29 is 4.74 Å². The van der Waals surface area contributed by atoms with E-state index in [4.69, 9.17) is 4.74 Å². The summed E-state index contributed by atoms with van der Waals surface area (Å²) >= 11 is 0. The fraction of sp³-hybridized carbons (Fsp3) is 0.500. The van der Waals surface area contributed by atoms with Crippen LogP contribution < -0.4 is 9.64 Å². The Morgan fingerprint density at radius 1 is 0.852 bits per heavy atom. The first-order chi connectivity index (χ1) is 13.2. The summed E-state index contributed by atoms with van der Waals surface area (Å²) < 4.78 is 5.55. The van der Waals surface area contributed by atoms with E-state index in [0.29, 0.717) is 0 Å². The number of hydrogen-bond donors (Lipinski definition) is 0. The summed E-state index contributed by atoms with van der Waals surface area (Å²) in [6, 6.07) is 18.3. The average Bonchev–Trinajstić information content (AvgIpc) is 2.74. The number of rotatable bonds is 4. The second kappa shape index (κ2) is 8.35. The highest BCUT2D eigenvalue weighted by Gasteiger charge is 2.29. The molecule has 3 nitrogen and oxygen atoms in total. The molecule has 0 atom stereocenters. The molecule has 0 bridgehead atoms. The lowest BCUT2D eigenvalue weighted by atomic mass is 9.81. The molecule has 2 aromatic carbocycles. The lowest BCUT2D eigenvalue weighted by molar-refractivity contribution is 0.141. The Bertz CT molecular complexity index is 744. The van der Waals surface area contributed by atoms with Gasteiger partial charge >= 0.3 is 0 Å². The maximum atomic E-state index is 5.55. The van der Waals surface area contributed by atoms with Crippen LogP contribution >= 0.6 is 0 Å².